The van der Waals surface area contributed by atoms with Gasteiger partial charge in [-0.15, -0.1) is 0 Å². The predicted molar refractivity (Wildman–Crippen MR) is 97.7 cm³/mol. The van der Waals surface area contributed by atoms with Gasteiger partial charge in [-0.3, -0.25) is 0 Å². The molecule has 3 fully saturated rings. The van der Waals surface area contributed by atoms with Crippen LogP contribution in [0.15, 0.2) is 11.4 Å². The molecule has 0 aromatic carbocycles. The topological polar surface area (TPSA) is 60.7 Å². The van der Waals surface area contributed by atoms with Crippen molar-refractivity contribution in [3.05, 3.63) is 11.4 Å². The fourth-order valence-corrected chi connectivity index (χ4v) is 7.26. The van der Waals surface area contributed by atoms with Gasteiger partial charge in [0.1, 0.15) is 11.9 Å². The summed E-state index contributed by atoms with van der Waals surface area (Å²) in [5.41, 5.74) is -1.39. The van der Waals surface area contributed by atoms with Crippen LogP contribution in [-0.2, 0) is 0 Å². The van der Waals surface area contributed by atoms with Crippen molar-refractivity contribution in [2.45, 2.75) is 76.6 Å². The quantitative estimate of drug-likeness (QED) is 0.562. The van der Waals surface area contributed by atoms with Gasteiger partial charge in [0, 0.05) is 10.8 Å². The maximum absolute atomic E-state index is 14.7. The van der Waals surface area contributed by atoms with Crippen molar-refractivity contribution in [3.63, 3.8) is 0 Å². The number of allylic oxidation sites excluding steroid dienone is 1. The Kier molecular flexibility index (Phi) is 4.29. The molecule has 0 aliphatic heterocycles. The average Bonchev–Trinajstić information content (AvgIpc) is 2.79. The molecule has 0 aromatic heterocycles. The number of hydrogen-bond acceptors (Lipinski definition) is 3. The predicted octanol–water partition coefficient (Wildman–Crippen LogP) is 3.51. The second kappa shape index (κ2) is 5.95. The zero-order valence-corrected chi connectivity index (χ0v) is 16.2. The minimum Gasteiger partial charge on any atom is -0.389 e. The molecule has 5 heteroatoms. The molecule has 0 amide bonds. The highest BCUT2D eigenvalue weighted by atomic mass is 35.5. The molecule has 0 aromatic rings. The summed E-state index contributed by atoms with van der Waals surface area (Å²) in [6.07, 6.45) is 3.05. The highest BCUT2D eigenvalue weighted by Gasteiger charge is 2.67. The smallest absolute Gasteiger partial charge is 0.157 e. The second-order valence-corrected chi connectivity index (χ2v) is 9.60. The Bertz CT molecular complexity index is 712. The largest absolute Gasteiger partial charge is 0.389 e. The average molecular weight is 383 g/mol. The molecule has 4 aliphatic rings. The van der Waals surface area contributed by atoms with Crippen LogP contribution in [0.2, 0.25) is 0 Å². The molecule has 0 radical (unpaired) electrons. The summed E-state index contributed by atoms with van der Waals surface area (Å²) in [6, 6.07) is 0. The number of fused-ring (bicyclic) bond motifs is 5. The van der Waals surface area contributed by atoms with E-state index >= 15 is 0 Å². The van der Waals surface area contributed by atoms with E-state index in [2.05, 4.69) is 18.2 Å². The zero-order chi connectivity index (χ0) is 18.9. The van der Waals surface area contributed by atoms with Gasteiger partial charge < -0.3 is 15.3 Å². The van der Waals surface area contributed by atoms with Gasteiger partial charge in [-0.25, -0.2) is 4.39 Å². The number of aliphatic hydroxyl groups excluding tert-OH is 2. The maximum Gasteiger partial charge on any atom is 0.157 e. The van der Waals surface area contributed by atoms with Crippen LogP contribution in [-0.4, -0.2) is 33.1 Å². The molecule has 3 nitrogen and oxygen atoms in total. The van der Waals surface area contributed by atoms with Crippen LogP contribution in [0.25, 0.3) is 0 Å². The molecular weight excluding hydrogens is 355 g/mol. The Morgan fingerprint density at radius 1 is 1.12 bits per heavy atom. The normalized spacial score (nSPS) is 53.3. The van der Waals surface area contributed by atoms with Crippen molar-refractivity contribution in [1.29, 1.82) is 0 Å². The molecule has 4 rings (SSSR count). The number of halogens is 2. The molecule has 0 bridgehead atoms. The molecule has 0 heterocycles. The van der Waals surface area contributed by atoms with Gasteiger partial charge in [0.05, 0.1) is 6.10 Å². The van der Waals surface area contributed by atoms with E-state index in [0.717, 1.165) is 31.3 Å². The lowest BCUT2D eigenvalue weighted by atomic mass is 9.46. The molecule has 144 valence electrons. The minimum absolute atomic E-state index is 0.145. The fourth-order valence-electron chi connectivity index (χ4n) is 7.11. The number of hydrogen-bond donors (Lipinski definition) is 3. The summed E-state index contributed by atoms with van der Waals surface area (Å²) in [5, 5.41) is 34.0. The molecule has 0 unspecified atom stereocenters. The Morgan fingerprint density at radius 2 is 1.85 bits per heavy atom. The molecule has 3 N–H and O–H groups in total. The van der Waals surface area contributed by atoms with Gasteiger partial charge in [0.15, 0.2) is 5.60 Å². The van der Waals surface area contributed by atoms with Crippen molar-refractivity contribution in [2.24, 2.45) is 28.6 Å². The third-order valence-corrected chi connectivity index (χ3v) is 8.74. The second-order valence-electron chi connectivity index (χ2n) is 9.41. The van der Waals surface area contributed by atoms with Crippen molar-refractivity contribution in [3.8, 4) is 11.3 Å². The fraction of sp³-hybridized carbons (Fsp3) is 0.810. The monoisotopic (exact) mass is 382 g/mol. The zero-order valence-electron chi connectivity index (χ0n) is 15.4. The van der Waals surface area contributed by atoms with E-state index in [9.17, 15) is 19.7 Å². The Morgan fingerprint density at radius 3 is 2.54 bits per heavy atom. The van der Waals surface area contributed by atoms with Crippen LogP contribution in [0.3, 0.4) is 0 Å². The molecule has 4 aliphatic carbocycles. The summed E-state index contributed by atoms with van der Waals surface area (Å²) in [6.45, 7) is 4.19. The molecule has 0 spiro atoms. The van der Waals surface area contributed by atoms with Gasteiger partial charge in [-0.1, -0.05) is 13.8 Å². The van der Waals surface area contributed by atoms with Gasteiger partial charge in [0.2, 0.25) is 0 Å². The van der Waals surface area contributed by atoms with Gasteiger partial charge in [-0.05, 0) is 91.2 Å². The number of rotatable bonds is 0. The summed E-state index contributed by atoms with van der Waals surface area (Å²) in [7, 11) is 0. The minimum atomic E-state index is -1.48. The molecule has 8 atom stereocenters. The lowest BCUT2D eigenvalue weighted by Crippen LogP contribution is -2.56. The van der Waals surface area contributed by atoms with Gasteiger partial charge >= 0.3 is 0 Å². The number of aliphatic hydroxyl groups is 3. The Balaban J connectivity index is 1.73. The van der Waals surface area contributed by atoms with Gasteiger partial charge in [-0.2, -0.15) is 0 Å². The van der Waals surface area contributed by atoms with E-state index in [1.165, 1.54) is 0 Å². The summed E-state index contributed by atoms with van der Waals surface area (Å²) in [4.78, 5) is 0. The van der Waals surface area contributed by atoms with Crippen LogP contribution in [0.1, 0.15) is 58.8 Å². The molecule has 26 heavy (non-hydrogen) atoms. The lowest BCUT2D eigenvalue weighted by molar-refractivity contribution is -0.122. The van der Waals surface area contributed by atoms with E-state index in [1.54, 1.807) is 0 Å². The summed E-state index contributed by atoms with van der Waals surface area (Å²) in [5.74, 6) is 3.19. The van der Waals surface area contributed by atoms with E-state index < -0.39 is 23.2 Å². The van der Waals surface area contributed by atoms with Crippen molar-refractivity contribution >= 4 is 11.6 Å². The molecule has 0 saturated heterocycles. The van der Waals surface area contributed by atoms with Crippen LogP contribution in [0.5, 0.6) is 0 Å². The van der Waals surface area contributed by atoms with Crippen LogP contribution in [0, 0.1) is 39.9 Å². The Labute approximate surface area is 159 Å². The van der Waals surface area contributed by atoms with E-state index in [0.29, 0.717) is 31.1 Å². The van der Waals surface area contributed by atoms with Crippen LogP contribution < -0.4 is 0 Å². The van der Waals surface area contributed by atoms with Crippen molar-refractivity contribution in [1.82, 2.24) is 0 Å². The third kappa shape index (κ3) is 2.18. The van der Waals surface area contributed by atoms with Crippen LogP contribution >= 0.6 is 11.6 Å². The standard InChI is InChI=1S/C21H28ClFO3/c1-19-7-6-16(24)18(23)14(19)4-3-12-13(19)5-8-20(2)15(12)11-17(25)21(20,26)9-10-22/h12-13,15-17,24-26H,3-8,11H2,1-2H3/t12-,13+,15+,16-,17-,19-,20+,21+/m1/s1. The first-order valence-corrected chi connectivity index (χ1v) is 10.2. The van der Waals surface area contributed by atoms with Gasteiger partial charge in [0.25, 0.3) is 0 Å². The summed E-state index contributed by atoms with van der Waals surface area (Å²) < 4.78 is 14.7. The Hall–Kier alpha value is -0.600. The van der Waals surface area contributed by atoms with Crippen molar-refractivity contribution in [2.75, 3.05) is 0 Å². The van der Waals surface area contributed by atoms with E-state index in [-0.39, 0.29) is 17.2 Å². The highest BCUT2D eigenvalue weighted by molar-refractivity contribution is 6.30. The summed E-state index contributed by atoms with van der Waals surface area (Å²) >= 11 is 5.61. The lowest BCUT2D eigenvalue weighted by Gasteiger charge is -2.58. The van der Waals surface area contributed by atoms with Crippen LogP contribution in [0.4, 0.5) is 4.39 Å². The molecule has 3 saturated carbocycles. The first-order chi connectivity index (χ1) is 12.2. The van der Waals surface area contributed by atoms with Crippen molar-refractivity contribution < 1.29 is 19.7 Å². The first kappa shape index (κ1) is 18.7. The van der Waals surface area contributed by atoms with E-state index in [4.69, 9.17) is 11.6 Å². The molecular formula is C21H28ClFO3. The SMILES string of the molecule is C[C@]12CC[C@@H](O)C(F)=C1CC[C@@H]1[C@@H]2CC[C@@]2(C)[C@H]1C[C@@H](O)[C@@]2(O)C#CCl. The maximum atomic E-state index is 14.7. The third-order valence-electron chi connectivity index (χ3n) is 8.65. The first-order valence-electron chi connectivity index (χ1n) is 9.79. The highest BCUT2D eigenvalue weighted by Crippen LogP contribution is 2.68. The van der Waals surface area contributed by atoms with E-state index in [1.807, 2.05) is 6.92 Å².